The van der Waals surface area contributed by atoms with Crippen LogP contribution in [0.5, 0.6) is 0 Å². The monoisotopic (exact) mass is 398 g/mol. The van der Waals surface area contributed by atoms with Crippen LogP contribution in [0.2, 0.25) is 0 Å². The second kappa shape index (κ2) is 7.80. The maximum atomic E-state index is 13.0. The van der Waals surface area contributed by atoms with Gasteiger partial charge in [-0.25, -0.2) is 0 Å². The van der Waals surface area contributed by atoms with Gasteiger partial charge in [0.25, 0.3) is 11.6 Å². The van der Waals surface area contributed by atoms with Crippen LogP contribution in [0.4, 0.5) is 11.4 Å². The zero-order valence-corrected chi connectivity index (χ0v) is 15.5. The zero-order valence-electron chi connectivity index (χ0n) is 15.5. The lowest BCUT2D eigenvalue weighted by atomic mass is 9.88. The molecular weight excluding hydrogens is 380 g/mol. The van der Waals surface area contributed by atoms with Crippen LogP contribution in [-0.4, -0.2) is 40.8 Å². The molecule has 1 heterocycles. The number of amides is 1. The summed E-state index contributed by atoms with van der Waals surface area (Å²) in [7, 11) is 0. The number of nitrogens with zero attached hydrogens (tertiary/aromatic N) is 2. The van der Waals surface area contributed by atoms with Crippen LogP contribution >= 0.6 is 0 Å². The predicted octanol–water partition coefficient (Wildman–Crippen LogP) is 1.97. The number of rotatable bonds is 7. The first-order chi connectivity index (χ1) is 13.8. The summed E-state index contributed by atoms with van der Waals surface area (Å²) in [5.41, 5.74) is -2.43. The summed E-state index contributed by atoms with van der Waals surface area (Å²) in [6.07, 6.45) is -0.701. The summed E-state index contributed by atoms with van der Waals surface area (Å²) in [6.45, 7) is 1.33. The van der Waals surface area contributed by atoms with Gasteiger partial charge in [0, 0.05) is 11.6 Å². The van der Waals surface area contributed by atoms with Crippen LogP contribution in [-0.2, 0) is 19.9 Å². The van der Waals surface area contributed by atoms with Crippen LogP contribution in [0.15, 0.2) is 48.5 Å². The molecule has 0 aromatic heterocycles. The molecule has 9 heteroatoms. The molecule has 1 aliphatic rings. The predicted molar refractivity (Wildman–Crippen MR) is 101 cm³/mol. The number of benzene rings is 2. The van der Waals surface area contributed by atoms with Crippen LogP contribution in [0, 0.1) is 10.1 Å². The van der Waals surface area contributed by atoms with Crippen molar-refractivity contribution in [3.8, 4) is 0 Å². The van der Waals surface area contributed by atoms with E-state index in [-0.39, 0.29) is 23.4 Å². The number of fused-ring (bicyclic) bond motifs is 1. The van der Waals surface area contributed by atoms with Crippen molar-refractivity contribution in [3.05, 3.63) is 69.8 Å². The van der Waals surface area contributed by atoms with Gasteiger partial charge >= 0.3 is 5.97 Å². The van der Waals surface area contributed by atoms with E-state index in [1.165, 1.54) is 30.3 Å². The van der Waals surface area contributed by atoms with Gasteiger partial charge in [0.05, 0.1) is 29.2 Å². The van der Waals surface area contributed by atoms with E-state index in [4.69, 9.17) is 4.74 Å². The van der Waals surface area contributed by atoms with Crippen LogP contribution < -0.4 is 4.90 Å². The van der Waals surface area contributed by atoms with E-state index in [1.807, 2.05) is 0 Å². The molecule has 2 aromatic rings. The highest BCUT2D eigenvalue weighted by atomic mass is 16.6. The third kappa shape index (κ3) is 3.59. The number of esters is 1. The lowest BCUT2D eigenvalue weighted by Crippen LogP contribution is -2.44. The number of Topliss-reactive ketones (excluding diaryl/α,β-unsaturated/α-hetero) is 1. The summed E-state index contributed by atoms with van der Waals surface area (Å²) in [5, 5.41) is 22.4. The smallest absolute Gasteiger partial charge is 0.326 e. The Labute approximate surface area is 165 Å². The van der Waals surface area contributed by atoms with Crippen LogP contribution in [0.3, 0.4) is 0 Å². The van der Waals surface area contributed by atoms with Crippen molar-refractivity contribution in [2.45, 2.75) is 18.9 Å². The summed E-state index contributed by atoms with van der Waals surface area (Å²) in [6, 6.07) is 11.5. The number of anilines is 1. The Balaban J connectivity index is 1.97. The normalized spacial score (nSPS) is 17.7. The molecule has 9 nitrogen and oxygen atoms in total. The minimum Gasteiger partial charge on any atom is -0.465 e. The fourth-order valence-corrected chi connectivity index (χ4v) is 3.37. The van der Waals surface area contributed by atoms with Gasteiger partial charge < -0.3 is 9.84 Å². The molecule has 2 aromatic carbocycles. The molecule has 3 rings (SSSR count). The third-order valence-corrected chi connectivity index (χ3v) is 4.65. The summed E-state index contributed by atoms with van der Waals surface area (Å²) < 4.78 is 4.87. The molecule has 0 fully saturated rings. The molecule has 0 saturated heterocycles. The first-order valence-electron chi connectivity index (χ1n) is 8.85. The van der Waals surface area contributed by atoms with Gasteiger partial charge in [0.2, 0.25) is 0 Å². The zero-order chi connectivity index (χ0) is 21.2. The van der Waals surface area contributed by atoms with E-state index in [0.717, 1.165) is 4.90 Å². The third-order valence-electron chi connectivity index (χ3n) is 4.65. The number of hydrogen-bond donors (Lipinski definition) is 1. The van der Waals surface area contributed by atoms with Crippen molar-refractivity contribution in [1.29, 1.82) is 0 Å². The Kier molecular flexibility index (Phi) is 5.42. The molecule has 29 heavy (non-hydrogen) atoms. The maximum absolute atomic E-state index is 13.0. The fraction of sp³-hybridized carbons (Fsp3) is 0.250. The number of carbonyl (C=O) groups excluding carboxylic acids is 3. The molecule has 150 valence electrons. The SMILES string of the molecule is CCOC(=O)CN1C(=O)[C@](O)(CC(=O)c2ccccc2[N+](=O)[O-])c2ccccc21. The lowest BCUT2D eigenvalue weighted by molar-refractivity contribution is -0.385. The van der Waals surface area contributed by atoms with E-state index in [2.05, 4.69) is 0 Å². The van der Waals surface area contributed by atoms with Gasteiger partial charge in [-0.05, 0) is 19.1 Å². The van der Waals surface area contributed by atoms with Gasteiger partial charge in [-0.15, -0.1) is 0 Å². The van der Waals surface area contributed by atoms with Crippen molar-refractivity contribution < 1.29 is 29.2 Å². The molecule has 1 N–H and O–H groups in total. The van der Waals surface area contributed by atoms with Crippen molar-refractivity contribution in [3.63, 3.8) is 0 Å². The first-order valence-corrected chi connectivity index (χ1v) is 8.85. The summed E-state index contributed by atoms with van der Waals surface area (Å²) in [4.78, 5) is 49.2. The van der Waals surface area contributed by atoms with E-state index in [0.29, 0.717) is 0 Å². The van der Waals surface area contributed by atoms with Crippen molar-refractivity contribution in [2.75, 3.05) is 18.1 Å². The Hall–Kier alpha value is -3.59. The molecule has 0 saturated carbocycles. The average molecular weight is 398 g/mol. The highest BCUT2D eigenvalue weighted by Crippen LogP contribution is 2.43. The minimum atomic E-state index is -2.25. The Morgan fingerprint density at radius 3 is 2.52 bits per heavy atom. The number of ketones is 1. The van der Waals surface area contributed by atoms with Crippen LogP contribution in [0.1, 0.15) is 29.3 Å². The molecule has 1 amide bonds. The van der Waals surface area contributed by atoms with Gasteiger partial charge in [0.1, 0.15) is 6.54 Å². The quantitative estimate of drug-likeness (QED) is 0.327. The Morgan fingerprint density at radius 1 is 1.17 bits per heavy atom. The van der Waals surface area contributed by atoms with Crippen molar-refractivity contribution in [2.24, 2.45) is 0 Å². The van der Waals surface area contributed by atoms with Gasteiger partial charge in [-0.2, -0.15) is 0 Å². The van der Waals surface area contributed by atoms with Crippen molar-refractivity contribution in [1.82, 2.24) is 0 Å². The van der Waals surface area contributed by atoms with E-state index < -0.39 is 46.8 Å². The molecule has 0 spiro atoms. The number of aliphatic hydroxyl groups is 1. The molecule has 0 radical (unpaired) electrons. The van der Waals surface area contributed by atoms with E-state index in [9.17, 15) is 29.6 Å². The minimum absolute atomic E-state index is 0.128. The summed E-state index contributed by atoms with van der Waals surface area (Å²) >= 11 is 0. The lowest BCUT2D eigenvalue weighted by Gasteiger charge is -2.22. The number of nitro groups is 1. The highest BCUT2D eigenvalue weighted by Gasteiger charge is 2.51. The second-order valence-electron chi connectivity index (χ2n) is 6.45. The van der Waals surface area contributed by atoms with E-state index in [1.54, 1.807) is 25.1 Å². The Bertz CT molecular complexity index is 1000. The number of hydrogen-bond acceptors (Lipinski definition) is 7. The van der Waals surface area contributed by atoms with Crippen LogP contribution in [0.25, 0.3) is 0 Å². The number of para-hydroxylation sites is 2. The molecule has 0 aliphatic carbocycles. The average Bonchev–Trinajstić information content (AvgIpc) is 2.90. The van der Waals surface area contributed by atoms with E-state index >= 15 is 0 Å². The number of carbonyl (C=O) groups is 3. The second-order valence-corrected chi connectivity index (χ2v) is 6.45. The fourth-order valence-electron chi connectivity index (χ4n) is 3.37. The van der Waals surface area contributed by atoms with Gasteiger partial charge in [-0.3, -0.25) is 29.4 Å². The molecule has 0 bridgehead atoms. The molecule has 1 aliphatic heterocycles. The largest absolute Gasteiger partial charge is 0.465 e. The topological polar surface area (TPSA) is 127 Å². The Morgan fingerprint density at radius 2 is 1.83 bits per heavy atom. The van der Waals surface area contributed by atoms with Gasteiger partial charge in [0.15, 0.2) is 11.4 Å². The van der Waals surface area contributed by atoms with Gasteiger partial charge in [-0.1, -0.05) is 30.3 Å². The first kappa shape index (κ1) is 20.2. The summed E-state index contributed by atoms with van der Waals surface area (Å²) in [5.74, 6) is -2.29. The number of nitro benzene ring substituents is 1. The number of ether oxygens (including phenoxy) is 1. The highest BCUT2D eigenvalue weighted by molar-refractivity contribution is 6.12. The molecular formula is C20H18N2O7. The standard InChI is InChI=1S/C20H18N2O7/c1-2-29-18(24)12-21-16-10-6-4-8-14(16)20(26,19(21)25)11-17(23)13-7-3-5-9-15(13)22(27)28/h3-10,26H,2,11-12H2,1H3/t20-/m0/s1. The molecule has 0 unspecified atom stereocenters. The van der Waals surface area contributed by atoms with Crippen molar-refractivity contribution >= 4 is 29.0 Å². The molecule has 1 atom stereocenters. The maximum Gasteiger partial charge on any atom is 0.326 e.